The molecule has 0 aliphatic heterocycles. The number of hydrazine groups is 1. The quantitative estimate of drug-likeness (QED) is 0.446. The van der Waals surface area contributed by atoms with Gasteiger partial charge in [0.15, 0.2) is 0 Å². The van der Waals surface area contributed by atoms with E-state index in [1.807, 2.05) is 6.07 Å². The molecule has 0 saturated carbocycles. The van der Waals surface area contributed by atoms with Crippen molar-refractivity contribution in [3.05, 3.63) is 58.1 Å². The fraction of sp³-hybridized carbons (Fsp3) is 0. The second kappa shape index (κ2) is 5.69. The summed E-state index contributed by atoms with van der Waals surface area (Å²) in [6.07, 6.45) is 0. The Balaban J connectivity index is 2.40. The number of anilines is 3. The minimum Gasteiger partial charge on any atom is -0.354 e. The lowest BCUT2D eigenvalue weighted by molar-refractivity contribution is -0.384. The molecule has 20 heavy (non-hydrogen) atoms. The average Bonchev–Trinajstić information content (AvgIpc) is 2.47. The number of nitrogens with one attached hydrogen (secondary N) is 2. The van der Waals surface area contributed by atoms with Crippen LogP contribution in [0.2, 0.25) is 0 Å². The van der Waals surface area contributed by atoms with Gasteiger partial charge >= 0.3 is 0 Å². The molecule has 0 radical (unpaired) electrons. The number of nitriles is 1. The molecular weight excluding hydrogens is 258 g/mol. The molecule has 2 aromatic rings. The summed E-state index contributed by atoms with van der Waals surface area (Å²) in [5, 5.41) is 22.8. The van der Waals surface area contributed by atoms with Crippen LogP contribution in [0.25, 0.3) is 0 Å². The summed E-state index contributed by atoms with van der Waals surface area (Å²) in [4.78, 5) is 10.3. The predicted molar refractivity (Wildman–Crippen MR) is 75.3 cm³/mol. The molecule has 0 amide bonds. The third-order valence-electron chi connectivity index (χ3n) is 2.62. The summed E-state index contributed by atoms with van der Waals surface area (Å²) < 4.78 is 0. The Morgan fingerprint density at radius 1 is 1.20 bits per heavy atom. The van der Waals surface area contributed by atoms with Crippen molar-refractivity contribution < 1.29 is 4.92 Å². The van der Waals surface area contributed by atoms with E-state index in [-0.39, 0.29) is 5.69 Å². The third-order valence-corrected chi connectivity index (χ3v) is 2.62. The number of non-ortho nitro benzene ring substituents is 1. The maximum Gasteiger partial charge on any atom is 0.273 e. The van der Waals surface area contributed by atoms with Crippen LogP contribution in [0.3, 0.4) is 0 Å². The molecule has 0 aromatic heterocycles. The largest absolute Gasteiger partial charge is 0.354 e. The highest BCUT2D eigenvalue weighted by Crippen LogP contribution is 2.27. The second-order valence-electron chi connectivity index (χ2n) is 3.95. The van der Waals surface area contributed by atoms with E-state index in [0.29, 0.717) is 22.6 Å². The van der Waals surface area contributed by atoms with Crippen LogP contribution in [-0.4, -0.2) is 4.92 Å². The third kappa shape index (κ3) is 2.82. The van der Waals surface area contributed by atoms with Crippen molar-refractivity contribution in [2.75, 3.05) is 10.7 Å². The van der Waals surface area contributed by atoms with Gasteiger partial charge in [0.05, 0.1) is 21.9 Å². The van der Waals surface area contributed by atoms with E-state index in [2.05, 4.69) is 10.7 Å². The number of nitrogens with two attached hydrogens (primary N) is 1. The standard InChI is InChI=1S/C13H11N5O2/c14-8-9-3-1-2-4-13(9)16-10-5-11(17-15)7-12(6-10)18(19)20/h1-7,16-17H,15H2. The molecule has 2 aromatic carbocycles. The van der Waals surface area contributed by atoms with E-state index in [1.165, 1.54) is 12.1 Å². The number of hydrogen-bond acceptors (Lipinski definition) is 6. The van der Waals surface area contributed by atoms with Crippen molar-refractivity contribution in [3.63, 3.8) is 0 Å². The van der Waals surface area contributed by atoms with Gasteiger partial charge in [-0.05, 0) is 18.2 Å². The van der Waals surface area contributed by atoms with Crippen LogP contribution in [0, 0.1) is 21.4 Å². The second-order valence-corrected chi connectivity index (χ2v) is 3.95. The van der Waals surface area contributed by atoms with Gasteiger partial charge < -0.3 is 10.7 Å². The lowest BCUT2D eigenvalue weighted by Gasteiger charge is -2.09. The maximum absolute atomic E-state index is 10.9. The van der Waals surface area contributed by atoms with E-state index in [0.717, 1.165) is 0 Å². The zero-order valence-electron chi connectivity index (χ0n) is 10.3. The number of nitrogen functional groups attached to an aromatic ring is 1. The molecule has 100 valence electrons. The topological polar surface area (TPSA) is 117 Å². The maximum atomic E-state index is 10.9. The van der Waals surface area contributed by atoms with Crippen LogP contribution in [0.4, 0.5) is 22.7 Å². The van der Waals surface area contributed by atoms with Gasteiger partial charge in [0.2, 0.25) is 0 Å². The molecule has 0 bridgehead atoms. The van der Waals surface area contributed by atoms with Crippen molar-refractivity contribution in [2.45, 2.75) is 0 Å². The first kappa shape index (κ1) is 13.3. The molecule has 0 aliphatic carbocycles. The van der Waals surface area contributed by atoms with Gasteiger partial charge in [-0.2, -0.15) is 5.26 Å². The van der Waals surface area contributed by atoms with Crippen molar-refractivity contribution in [1.29, 1.82) is 5.26 Å². The minimum absolute atomic E-state index is 0.0996. The SMILES string of the molecule is N#Cc1ccccc1Nc1cc(NN)cc([N+](=O)[O-])c1. The molecule has 0 fully saturated rings. The zero-order valence-corrected chi connectivity index (χ0v) is 10.3. The molecule has 0 saturated heterocycles. The number of benzene rings is 2. The number of nitrogens with zero attached hydrogens (tertiary/aromatic N) is 2. The molecule has 7 nitrogen and oxygen atoms in total. The summed E-state index contributed by atoms with van der Waals surface area (Å²) in [5.41, 5.74) is 4.15. The van der Waals surface area contributed by atoms with E-state index in [4.69, 9.17) is 11.1 Å². The molecule has 0 spiro atoms. The average molecular weight is 269 g/mol. The van der Waals surface area contributed by atoms with Gasteiger partial charge in [0, 0.05) is 17.8 Å². The fourth-order valence-corrected chi connectivity index (χ4v) is 1.72. The Morgan fingerprint density at radius 3 is 2.55 bits per heavy atom. The van der Waals surface area contributed by atoms with Crippen molar-refractivity contribution in [2.24, 2.45) is 5.84 Å². The first-order chi connectivity index (χ1) is 9.63. The van der Waals surface area contributed by atoms with E-state index in [9.17, 15) is 10.1 Å². The molecule has 0 heterocycles. The van der Waals surface area contributed by atoms with Crippen molar-refractivity contribution in [1.82, 2.24) is 0 Å². The molecular formula is C13H11N5O2. The van der Waals surface area contributed by atoms with Gasteiger partial charge in [-0.3, -0.25) is 16.0 Å². The lowest BCUT2D eigenvalue weighted by atomic mass is 10.2. The number of nitro benzene ring substituents is 1. The highest BCUT2D eigenvalue weighted by atomic mass is 16.6. The first-order valence-electron chi connectivity index (χ1n) is 5.66. The Labute approximate surface area is 114 Å². The summed E-state index contributed by atoms with van der Waals surface area (Å²) in [6.45, 7) is 0. The van der Waals surface area contributed by atoms with Crippen LogP contribution in [0.1, 0.15) is 5.56 Å². The minimum atomic E-state index is -0.512. The van der Waals surface area contributed by atoms with Gasteiger partial charge in [0.25, 0.3) is 5.69 Å². The molecule has 4 N–H and O–H groups in total. The van der Waals surface area contributed by atoms with Crippen LogP contribution in [-0.2, 0) is 0 Å². The van der Waals surface area contributed by atoms with E-state index in [1.54, 1.807) is 30.3 Å². The number of nitro groups is 1. The van der Waals surface area contributed by atoms with Crippen LogP contribution in [0.15, 0.2) is 42.5 Å². The van der Waals surface area contributed by atoms with E-state index < -0.39 is 4.92 Å². The van der Waals surface area contributed by atoms with Gasteiger partial charge in [0.1, 0.15) is 6.07 Å². The summed E-state index contributed by atoms with van der Waals surface area (Å²) in [5.74, 6) is 5.28. The lowest BCUT2D eigenvalue weighted by Crippen LogP contribution is -2.07. The predicted octanol–water partition coefficient (Wildman–Crippen LogP) is 2.50. The van der Waals surface area contributed by atoms with Crippen LogP contribution >= 0.6 is 0 Å². The zero-order chi connectivity index (χ0) is 14.5. The Morgan fingerprint density at radius 2 is 1.90 bits per heavy atom. The van der Waals surface area contributed by atoms with Crippen LogP contribution < -0.4 is 16.6 Å². The smallest absolute Gasteiger partial charge is 0.273 e. The monoisotopic (exact) mass is 269 g/mol. The molecule has 0 aliphatic rings. The molecule has 0 atom stereocenters. The fourth-order valence-electron chi connectivity index (χ4n) is 1.72. The first-order valence-corrected chi connectivity index (χ1v) is 5.66. The number of hydrogen-bond donors (Lipinski definition) is 3. The number of para-hydroxylation sites is 1. The Hall–Kier alpha value is -3.11. The Bertz CT molecular complexity index is 693. The highest BCUT2D eigenvalue weighted by Gasteiger charge is 2.10. The summed E-state index contributed by atoms with van der Waals surface area (Å²) in [6, 6.07) is 13.2. The summed E-state index contributed by atoms with van der Waals surface area (Å²) in [7, 11) is 0. The number of rotatable bonds is 4. The van der Waals surface area contributed by atoms with Gasteiger partial charge in [-0.1, -0.05) is 12.1 Å². The molecule has 2 rings (SSSR count). The van der Waals surface area contributed by atoms with Crippen molar-refractivity contribution >= 4 is 22.7 Å². The van der Waals surface area contributed by atoms with Crippen molar-refractivity contribution in [3.8, 4) is 6.07 Å². The van der Waals surface area contributed by atoms with Gasteiger partial charge in [-0.15, -0.1) is 0 Å². The molecule has 0 unspecified atom stereocenters. The molecule has 7 heteroatoms. The highest BCUT2D eigenvalue weighted by molar-refractivity contribution is 5.71. The van der Waals surface area contributed by atoms with Crippen LogP contribution in [0.5, 0.6) is 0 Å². The van der Waals surface area contributed by atoms with E-state index >= 15 is 0 Å². The normalized spacial score (nSPS) is 9.60. The summed E-state index contributed by atoms with van der Waals surface area (Å²) >= 11 is 0. The Kier molecular flexibility index (Phi) is 3.79. The van der Waals surface area contributed by atoms with Gasteiger partial charge in [-0.25, -0.2) is 0 Å².